The van der Waals surface area contributed by atoms with Gasteiger partial charge in [0.15, 0.2) is 0 Å². The molecule has 5 rings (SSSR count). The number of nitrogens with zero attached hydrogens (tertiary/aromatic N) is 3. The van der Waals surface area contributed by atoms with Gasteiger partial charge in [0, 0.05) is 31.4 Å². The molecule has 0 radical (unpaired) electrons. The van der Waals surface area contributed by atoms with Crippen LogP contribution in [0.5, 0.6) is 0 Å². The van der Waals surface area contributed by atoms with Crippen LogP contribution < -0.4 is 9.80 Å². The smallest absolute Gasteiger partial charge is 0.268 e. The maximum atomic E-state index is 13.5. The minimum absolute atomic E-state index is 0.0700. The zero-order chi connectivity index (χ0) is 19.6. The number of aromatic nitrogens is 1. The normalized spacial score (nSPS) is 16.6. The average Bonchev–Trinajstić information content (AvgIpc) is 3.25. The molecule has 2 aliphatic rings. The van der Waals surface area contributed by atoms with Crippen LogP contribution in [0.1, 0.15) is 21.8 Å². The number of amides is 1. The molecule has 1 fully saturated rings. The number of hydrogen-bond donors (Lipinski definition) is 0. The lowest BCUT2D eigenvalue weighted by atomic mass is 10.1. The van der Waals surface area contributed by atoms with E-state index >= 15 is 0 Å². The number of aryl methyl sites for hydroxylation is 1. The molecule has 0 unspecified atom stereocenters. The quantitative estimate of drug-likeness (QED) is 0.654. The lowest BCUT2D eigenvalue weighted by molar-refractivity contribution is 0.0989. The highest BCUT2D eigenvalue weighted by atomic mass is 32.1. The molecule has 0 N–H and O–H groups in total. The first-order valence-electron chi connectivity index (χ1n) is 10.1. The molecule has 0 aliphatic carbocycles. The van der Waals surface area contributed by atoms with E-state index in [4.69, 9.17) is 4.74 Å². The zero-order valence-corrected chi connectivity index (χ0v) is 17.0. The fraction of sp³-hybridized carbons (Fsp3) is 0.304. The van der Waals surface area contributed by atoms with Crippen molar-refractivity contribution < 1.29 is 9.53 Å². The molecule has 148 valence electrons. The van der Waals surface area contributed by atoms with E-state index in [1.165, 1.54) is 0 Å². The number of anilines is 2. The Morgan fingerprint density at radius 3 is 2.69 bits per heavy atom. The van der Waals surface area contributed by atoms with Crippen molar-refractivity contribution in [3.63, 3.8) is 0 Å². The molecule has 1 aromatic carbocycles. The molecule has 5 nitrogen and oxygen atoms in total. The number of fused-ring (bicyclic) bond motifs is 1. The van der Waals surface area contributed by atoms with Gasteiger partial charge < -0.3 is 14.5 Å². The van der Waals surface area contributed by atoms with Crippen molar-refractivity contribution in [2.75, 3.05) is 42.6 Å². The summed E-state index contributed by atoms with van der Waals surface area (Å²) in [5.74, 6) is 0.0700. The van der Waals surface area contributed by atoms with Gasteiger partial charge in [0.1, 0.15) is 0 Å². The Hall–Kier alpha value is -2.70. The Morgan fingerprint density at radius 2 is 1.86 bits per heavy atom. The standard InChI is InChI=1S/C23H23N3O2S/c27-22(26-11-5-8-19-20(26)9-4-10-24-19)21-16-18(17-6-2-1-3-7-17)23(29-21)25-12-14-28-15-13-25/h1-4,6-7,9-10,16H,5,8,11-15H2. The van der Waals surface area contributed by atoms with Crippen LogP contribution in [0, 0.1) is 0 Å². The van der Waals surface area contributed by atoms with E-state index in [9.17, 15) is 4.79 Å². The molecule has 0 bridgehead atoms. The van der Waals surface area contributed by atoms with Gasteiger partial charge in [-0.1, -0.05) is 30.3 Å². The summed E-state index contributed by atoms with van der Waals surface area (Å²) in [4.78, 5) is 23.0. The van der Waals surface area contributed by atoms with Gasteiger partial charge in [-0.2, -0.15) is 0 Å². The SMILES string of the molecule is O=C(c1cc(-c2ccccc2)c(N2CCOCC2)s1)N1CCCc2ncccc21. The van der Waals surface area contributed by atoms with Gasteiger partial charge in [0.25, 0.3) is 5.91 Å². The van der Waals surface area contributed by atoms with Gasteiger partial charge in [-0.3, -0.25) is 9.78 Å². The third-order valence-electron chi connectivity index (χ3n) is 5.50. The number of carbonyl (C=O) groups is 1. The first kappa shape index (κ1) is 18.3. The number of morpholine rings is 1. The third kappa shape index (κ3) is 3.54. The van der Waals surface area contributed by atoms with Crippen molar-refractivity contribution >= 4 is 27.9 Å². The second kappa shape index (κ2) is 7.97. The molecular formula is C23H23N3O2S. The minimum Gasteiger partial charge on any atom is -0.378 e. The number of benzene rings is 1. The predicted octanol–water partition coefficient (Wildman–Crippen LogP) is 4.24. The number of carbonyl (C=O) groups excluding carboxylic acids is 1. The maximum Gasteiger partial charge on any atom is 0.268 e. The van der Waals surface area contributed by atoms with Crippen LogP contribution in [0.2, 0.25) is 0 Å². The molecular weight excluding hydrogens is 382 g/mol. The van der Waals surface area contributed by atoms with E-state index < -0.39 is 0 Å². The summed E-state index contributed by atoms with van der Waals surface area (Å²) in [5.41, 5.74) is 4.24. The topological polar surface area (TPSA) is 45.7 Å². The van der Waals surface area contributed by atoms with Gasteiger partial charge in [-0.25, -0.2) is 0 Å². The Morgan fingerprint density at radius 1 is 1.03 bits per heavy atom. The van der Waals surface area contributed by atoms with Crippen molar-refractivity contribution in [3.05, 3.63) is 65.3 Å². The summed E-state index contributed by atoms with van der Waals surface area (Å²) in [7, 11) is 0. The Labute approximate surface area is 174 Å². The molecule has 1 amide bonds. The summed E-state index contributed by atoms with van der Waals surface area (Å²) in [6.45, 7) is 3.89. The highest BCUT2D eigenvalue weighted by molar-refractivity contribution is 7.18. The molecule has 29 heavy (non-hydrogen) atoms. The fourth-order valence-electron chi connectivity index (χ4n) is 4.05. The third-order valence-corrected chi connectivity index (χ3v) is 6.69. The summed E-state index contributed by atoms with van der Waals surface area (Å²) in [6, 6.07) is 16.3. The van der Waals surface area contributed by atoms with E-state index in [1.807, 2.05) is 41.4 Å². The van der Waals surface area contributed by atoms with Crippen molar-refractivity contribution in [1.82, 2.24) is 4.98 Å². The number of rotatable bonds is 3. The number of pyridine rings is 1. The van der Waals surface area contributed by atoms with Gasteiger partial charge >= 0.3 is 0 Å². The van der Waals surface area contributed by atoms with E-state index in [-0.39, 0.29) is 5.91 Å². The number of thiophene rings is 1. The maximum absolute atomic E-state index is 13.5. The van der Waals surface area contributed by atoms with Gasteiger partial charge in [-0.15, -0.1) is 11.3 Å². The van der Waals surface area contributed by atoms with Crippen molar-refractivity contribution in [2.45, 2.75) is 12.8 Å². The lowest BCUT2D eigenvalue weighted by Crippen LogP contribution is -2.36. The van der Waals surface area contributed by atoms with Gasteiger partial charge in [-0.05, 0) is 36.6 Å². The first-order valence-corrected chi connectivity index (χ1v) is 10.9. The largest absolute Gasteiger partial charge is 0.378 e. The first-order chi connectivity index (χ1) is 14.3. The Bertz CT molecular complexity index is 1010. The Balaban J connectivity index is 1.54. The predicted molar refractivity (Wildman–Crippen MR) is 117 cm³/mol. The van der Waals surface area contributed by atoms with Crippen LogP contribution in [-0.2, 0) is 11.2 Å². The van der Waals surface area contributed by atoms with Crippen molar-refractivity contribution in [3.8, 4) is 11.1 Å². The number of hydrogen-bond acceptors (Lipinski definition) is 5. The van der Waals surface area contributed by atoms with Gasteiger partial charge in [0.2, 0.25) is 0 Å². The highest BCUT2D eigenvalue weighted by Gasteiger charge is 2.28. The fourth-order valence-corrected chi connectivity index (χ4v) is 5.23. The summed E-state index contributed by atoms with van der Waals surface area (Å²) in [5, 5.41) is 1.16. The summed E-state index contributed by atoms with van der Waals surface area (Å²) >= 11 is 1.60. The van der Waals surface area contributed by atoms with Crippen LogP contribution in [0.3, 0.4) is 0 Å². The van der Waals surface area contributed by atoms with Crippen molar-refractivity contribution in [2.24, 2.45) is 0 Å². The van der Waals surface area contributed by atoms with Crippen molar-refractivity contribution in [1.29, 1.82) is 0 Å². The van der Waals surface area contributed by atoms with Gasteiger partial charge in [0.05, 0.1) is 34.5 Å². The van der Waals surface area contributed by atoms with E-state index in [0.717, 1.165) is 78.1 Å². The van der Waals surface area contributed by atoms with Crippen LogP contribution >= 0.6 is 11.3 Å². The molecule has 2 aromatic heterocycles. The molecule has 6 heteroatoms. The molecule has 0 spiro atoms. The number of ether oxygens (including phenoxy) is 1. The monoisotopic (exact) mass is 405 g/mol. The molecule has 1 saturated heterocycles. The molecule has 0 saturated carbocycles. The van der Waals surface area contributed by atoms with E-state index in [2.05, 4.69) is 28.1 Å². The van der Waals surface area contributed by atoms with Crippen LogP contribution in [0.4, 0.5) is 10.7 Å². The summed E-state index contributed by atoms with van der Waals surface area (Å²) < 4.78 is 5.54. The van der Waals surface area contributed by atoms with Crippen LogP contribution in [-0.4, -0.2) is 43.7 Å². The van der Waals surface area contributed by atoms with E-state index in [1.54, 1.807) is 11.3 Å². The highest BCUT2D eigenvalue weighted by Crippen LogP contribution is 2.40. The lowest BCUT2D eigenvalue weighted by Gasteiger charge is -2.29. The van der Waals surface area contributed by atoms with Crippen LogP contribution in [0.15, 0.2) is 54.7 Å². The molecule has 2 aliphatic heterocycles. The van der Waals surface area contributed by atoms with E-state index in [0.29, 0.717) is 0 Å². The second-order valence-corrected chi connectivity index (χ2v) is 8.36. The Kier molecular flexibility index (Phi) is 5.04. The molecule has 0 atom stereocenters. The molecule has 3 aromatic rings. The van der Waals surface area contributed by atoms with Crippen LogP contribution in [0.25, 0.3) is 11.1 Å². The minimum atomic E-state index is 0.0700. The summed E-state index contributed by atoms with van der Waals surface area (Å²) in [6.07, 6.45) is 3.68. The average molecular weight is 406 g/mol. The molecule has 4 heterocycles. The zero-order valence-electron chi connectivity index (χ0n) is 16.2. The second-order valence-electron chi connectivity index (χ2n) is 7.32.